The zero-order valence-electron chi connectivity index (χ0n) is 14.4. The summed E-state index contributed by atoms with van der Waals surface area (Å²) in [5, 5.41) is 2.78. The van der Waals surface area contributed by atoms with E-state index in [0.717, 1.165) is 47.6 Å². The summed E-state index contributed by atoms with van der Waals surface area (Å²) in [5.74, 6) is 1.23. The number of carbonyl (C=O) groups is 1. The third-order valence-corrected chi connectivity index (χ3v) is 5.96. The Morgan fingerprint density at radius 3 is 2.72 bits per heavy atom. The molecule has 25 heavy (non-hydrogen) atoms. The maximum absolute atomic E-state index is 11.4. The van der Waals surface area contributed by atoms with Crippen molar-refractivity contribution in [2.24, 2.45) is 0 Å². The number of amides is 1. The molecule has 8 heteroatoms. The number of piperidine rings is 1. The summed E-state index contributed by atoms with van der Waals surface area (Å²) in [6, 6.07) is 0. The fourth-order valence-electron chi connectivity index (χ4n) is 3.53. The second-order valence-electron chi connectivity index (χ2n) is 7.06. The predicted molar refractivity (Wildman–Crippen MR) is 99.6 cm³/mol. The lowest BCUT2D eigenvalue weighted by atomic mass is 9.91. The first-order valence-electron chi connectivity index (χ1n) is 8.97. The van der Waals surface area contributed by atoms with Crippen molar-refractivity contribution in [3.63, 3.8) is 0 Å². The summed E-state index contributed by atoms with van der Waals surface area (Å²) in [6.45, 7) is 5.68. The maximum atomic E-state index is 11.4. The molecule has 1 spiro atoms. The first kappa shape index (κ1) is 17.3. The van der Waals surface area contributed by atoms with Crippen LogP contribution in [0.5, 0.6) is 5.88 Å². The number of hydrogen-bond donors (Lipinski definition) is 1. The summed E-state index contributed by atoms with van der Waals surface area (Å²) in [4.78, 5) is 23.3. The molecule has 0 unspecified atom stereocenters. The number of aromatic nitrogens is 2. The van der Waals surface area contributed by atoms with E-state index in [0.29, 0.717) is 24.9 Å². The van der Waals surface area contributed by atoms with E-state index in [-0.39, 0.29) is 11.7 Å². The molecule has 0 radical (unpaired) electrons. The van der Waals surface area contributed by atoms with Crippen molar-refractivity contribution in [1.82, 2.24) is 20.2 Å². The highest BCUT2D eigenvalue weighted by Crippen LogP contribution is 2.41. The summed E-state index contributed by atoms with van der Waals surface area (Å²) in [7, 11) is 0. The van der Waals surface area contributed by atoms with E-state index in [1.54, 1.807) is 0 Å². The normalized spacial score (nSPS) is 22.7. The molecular weight excluding hydrogens is 435 g/mol. The van der Waals surface area contributed by atoms with Crippen molar-refractivity contribution >= 4 is 28.7 Å². The second-order valence-corrected chi connectivity index (χ2v) is 8.08. The summed E-state index contributed by atoms with van der Waals surface area (Å²) in [6.07, 6.45) is 3.84. The minimum atomic E-state index is -0.312. The Morgan fingerprint density at radius 1 is 1.36 bits per heavy atom. The van der Waals surface area contributed by atoms with Gasteiger partial charge < -0.3 is 14.8 Å². The van der Waals surface area contributed by atoms with Crippen molar-refractivity contribution in [3.8, 4) is 5.88 Å². The molecule has 0 bridgehead atoms. The molecule has 3 aliphatic rings. The SMILES string of the molecule is CCOc1nc(I)c(C2CC2)nc1CN1CCC2(CC1)CNC(=O)O2. The molecule has 3 heterocycles. The molecule has 1 N–H and O–H groups in total. The fraction of sp³-hybridized carbons (Fsp3) is 0.706. The van der Waals surface area contributed by atoms with Gasteiger partial charge in [0.1, 0.15) is 15.0 Å². The molecule has 1 amide bonds. The molecule has 2 aliphatic heterocycles. The van der Waals surface area contributed by atoms with Gasteiger partial charge in [-0.2, -0.15) is 0 Å². The van der Waals surface area contributed by atoms with Gasteiger partial charge in [-0.1, -0.05) is 0 Å². The van der Waals surface area contributed by atoms with Crippen LogP contribution in [0.2, 0.25) is 0 Å². The molecule has 0 atom stereocenters. The third-order valence-electron chi connectivity index (χ3n) is 5.16. The highest BCUT2D eigenvalue weighted by molar-refractivity contribution is 14.1. The van der Waals surface area contributed by atoms with Gasteiger partial charge >= 0.3 is 6.09 Å². The number of halogens is 1. The number of nitrogens with zero attached hydrogens (tertiary/aromatic N) is 3. The minimum absolute atomic E-state index is 0.287. The van der Waals surface area contributed by atoms with Crippen molar-refractivity contribution in [2.45, 2.75) is 50.7 Å². The summed E-state index contributed by atoms with van der Waals surface area (Å²) in [5.41, 5.74) is 1.75. The van der Waals surface area contributed by atoms with Crippen molar-refractivity contribution in [2.75, 3.05) is 26.2 Å². The molecule has 1 aromatic rings. The van der Waals surface area contributed by atoms with E-state index in [2.05, 4.69) is 37.8 Å². The number of hydrogen-bond acceptors (Lipinski definition) is 6. The number of likely N-dealkylation sites (tertiary alicyclic amines) is 1. The van der Waals surface area contributed by atoms with Crippen LogP contribution in [0.15, 0.2) is 0 Å². The summed E-state index contributed by atoms with van der Waals surface area (Å²) < 4.78 is 12.2. The molecule has 2 saturated heterocycles. The Hall–Kier alpha value is -1.16. The van der Waals surface area contributed by atoms with Gasteiger partial charge in [-0.3, -0.25) is 4.90 Å². The van der Waals surface area contributed by atoms with Gasteiger partial charge in [0, 0.05) is 38.4 Å². The van der Waals surface area contributed by atoms with Gasteiger partial charge in [0.15, 0.2) is 0 Å². The lowest BCUT2D eigenvalue weighted by molar-refractivity contribution is -0.00149. The average molecular weight is 458 g/mol. The topological polar surface area (TPSA) is 76.6 Å². The molecule has 1 aliphatic carbocycles. The molecule has 0 aromatic carbocycles. The van der Waals surface area contributed by atoms with Crippen LogP contribution >= 0.6 is 22.6 Å². The number of nitrogens with one attached hydrogen (secondary N) is 1. The first-order chi connectivity index (χ1) is 12.1. The van der Waals surface area contributed by atoms with Crippen molar-refractivity contribution in [3.05, 3.63) is 15.1 Å². The van der Waals surface area contributed by atoms with Crippen LogP contribution in [-0.2, 0) is 11.3 Å². The number of rotatable bonds is 5. The zero-order chi connectivity index (χ0) is 17.4. The second kappa shape index (κ2) is 6.86. The van der Waals surface area contributed by atoms with E-state index in [1.807, 2.05) is 6.92 Å². The van der Waals surface area contributed by atoms with Gasteiger partial charge in [0.05, 0.1) is 18.8 Å². The number of alkyl carbamates (subject to hydrolysis) is 1. The van der Waals surface area contributed by atoms with Crippen LogP contribution in [0.3, 0.4) is 0 Å². The Bertz CT molecular complexity index is 672. The molecule has 1 aromatic heterocycles. The Kier molecular flexibility index (Phi) is 4.74. The van der Waals surface area contributed by atoms with E-state index in [4.69, 9.17) is 14.5 Å². The van der Waals surface area contributed by atoms with Crippen LogP contribution in [0.25, 0.3) is 0 Å². The summed E-state index contributed by atoms with van der Waals surface area (Å²) >= 11 is 2.27. The van der Waals surface area contributed by atoms with Gasteiger partial charge in [-0.25, -0.2) is 14.8 Å². The van der Waals surface area contributed by atoms with Crippen molar-refractivity contribution < 1.29 is 14.3 Å². The molecule has 1 saturated carbocycles. The largest absolute Gasteiger partial charge is 0.477 e. The molecule has 7 nitrogen and oxygen atoms in total. The van der Waals surface area contributed by atoms with Crippen LogP contribution < -0.4 is 10.1 Å². The van der Waals surface area contributed by atoms with Crippen LogP contribution in [-0.4, -0.2) is 52.8 Å². The number of carbonyl (C=O) groups excluding carboxylic acids is 1. The molecule has 3 fully saturated rings. The highest BCUT2D eigenvalue weighted by atomic mass is 127. The van der Waals surface area contributed by atoms with Gasteiger partial charge in [0.25, 0.3) is 0 Å². The fourth-order valence-corrected chi connectivity index (χ4v) is 4.31. The monoisotopic (exact) mass is 458 g/mol. The van der Waals surface area contributed by atoms with Gasteiger partial charge in [0.2, 0.25) is 5.88 Å². The Labute approximate surface area is 161 Å². The van der Waals surface area contributed by atoms with Crippen molar-refractivity contribution in [1.29, 1.82) is 0 Å². The lowest BCUT2D eigenvalue weighted by Crippen LogP contribution is -2.46. The van der Waals surface area contributed by atoms with Gasteiger partial charge in [-0.05, 0) is 42.4 Å². The predicted octanol–water partition coefficient (Wildman–Crippen LogP) is 2.43. The van der Waals surface area contributed by atoms with E-state index >= 15 is 0 Å². The zero-order valence-corrected chi connectivity index (χ0v) is 16.5. The van der Waals surface area contributed by atoms with Crippen LogP contribution in [0, 0.1) is 3.70 Å². The quantitative estimate of drug-likeness (QED) is 0.684. The minimum Gasteiger partial charge on any atom is -0.477 e. The average Bonchev–Trinajstić information content (AvgIpc) is 3.37. The standard InChI is InChI=1S/C17H23IN4O3/c1-2-24-15-12(20-13(11-3-4-11)14(18)21-15)9-22-7-5-17(6-8-22)10-19-16(23)25-17/h11H,2-10H2,1H3,(H,19,23). The Balaban J connectivity index is 1.46. The van der Waals surface area contributed by atoms with E-state index < -0.39 is 0 Å². The maximum Gasteiger partial charge on any atom is 0.407 e. The lowest BCUT2D eigenvalue weighted by Gasteiger charge is -2.37. The molecule has 4 rings (SSSR count). The first-order valence-corrected chi connectivity index (χ1v) is 10.0. The molecular formula is C17H23IN4O3. The van der Waals surface area contributed by atoms with Gasteiger partial charge in [-0.15, -0.1) is 0 Å². The third kappa shape index (κ3) is 3.69. The smallest absolute Gasteiger partial charge is 0.407 e. The van der Waals surface area contributed by atoms with Crippen LogP contribution in [0.4, 0.5) is 4.79 Å². The highest BCUT2D eigenvalue weighted by Gasteiger charge is 2.43. The van der Waals surface area contributed by atoms with E-state index in [9.17, 15) is 4.79 Å². The van der Waals surface area contributed by atoms with E-state index in [1.165, 1.54) is 12.8 Å². The molecule has 136 valence electrons. The Morgan fingerprint density at radius 2 is 2.12 bits per heavy atom. The number of ether oxygens (including phenoxy) is 2. The van der Waals surface area contributed by atoms with Crippen LogP contribution in [0.1, 0.15) is 49.9 Å².